The molecule has 2 nitrogen and oxygen atoms in total. The molecule has 0 aliphatic carbocycles. The molecule has 1 aliphatic rings. The summed E-state index contributed by atoms with van der Waals surface area (Å²) in [5.41, 5.74) is 2.28. The van der Waals surface area contributed by atoms with Gasteiger partial charge in [0.25, 0.3) is 0 Å². The van der Waals surface area contributed by atoms with E-state index >= 15 is 0 Å². The summed E-state index contributed by atoms with van der Waals surface area (Å²) in [5.74, 6) is 0. The molecule has 0 aromatic heterocycles. The second-order valence-corrected chi connectivity index (χ2v) is 5.47. The zero-order chi connectivity index (χ0) is 14.5. The van der Waals surface area contributed by atoms with E-state index in [2.05, 4.69) is 30.3 Å². The van der Waals surface area contributed by atoms with Crippen molar-refractivity contribution in [2.24, 2.45) is 0 Å². The Morgan fingerprint density at radius 2 is 1.57 bits per heavy atom. The largest absolute Gasteiger partial charge is 0.393 e. The second-order valence-electron chi connectivity index (χ2n) is 5.47. The third-order valence-corrected chi connectivity index (χ3v) is 3.80. The van der Waals surface area contributed by atoms with Crippen LogP contribution < -0.4 is 0 Å². The molecular formula is C19H20O2. The van der Waals surface area contributed by atoms with Gasteiger partial charge in [0.1, 0.15) is 0 Å². The van der Waals surface area contributed by atoms with Crippen molar-refractivity contribution in [3.05, 3.63) is 77.9 Å². The fourth-order valence-electron chi connectivity index (χ4n) is 2.72. The number of aliphatic hydroxyl groups excluding tert-OH is 1. The van der Waals surface area contributed by atoms with Crippen molar-refractivity contribution in [2.45, 2.75) is 31.2 Å². The molecule has 3 rings (SSSR count). The van der Waals surface area contributed by atoms with Gasteiger partial charge in [-0.15, -0.1) is 0 Å². The Morgan fingerprint density at radius 3 is 2.29 bits per heavy atom. The highest BCUT2D eigenvalue weighted by molar-refractivity contribution is 5.49. The molecule has 0 spiro atoms. The highest BCUT2D eigenvalue weighted by atomic mass is 16.5. The van der Waals surface area contributed by atoms with Crippen LogP contribution in [0.4, 0.5) is 0 Å². The third kappa shape index (κ3) is 3.81. The molecule has 2 aromatic carbocycles. The van der Waals surface area contributed by atoms with Crippen LogP contribution in [-0.4, -0.2) is 17.3 Å². The number of hydrogen-bond acceptors (Lipinski definition) is 2. The number of hydrogen-bond donors (Lipinski definition) is 1. The summed E-state index contributed by atoms with van der Waals surface area (Å²) in [6.07, 6.45) is 5.05. The summed E-state index contributed by atoms with van der Waals surface area (Å²) in [5, 5.41) is 10.1. The number of ether oxygens (including phenoxy) is 1. The molecular weight excluding hydrogens is 260 g/mol. The van der Waals surface area contributed by atoms with E-state index < -0.39 is 0 Å². The molecule has 1 saturated heterocycles. The highest BCUT2D eigenvalue weighted by Gasteiger charge is 2.27. The molecule has 0 unspecified atom stereocenters. The van der Waals surface area contributed by atoms with Gasteiger partial charge < -0.3 is 9.84 Å². The Labute approximate surface area is 125 Å². The van der Waals surface area contributed by atoms with Gasteiger partial charge in [0, 0.05) is 12.8 Å². The Hall–Kier alpha value is -1.90. The Morgan fingerprint density at radius 1 is 0.905 bits per heavy atom. The predicted octanol–water partition coefficient (Wildman–Crippen LogP) is 3.98. The van der Waals surface area contributed by atoms with Gasteiger partial charge in [-0.05, 0) is 11.1 Å². The summed E-state index contributed by atoms with van der Waals surface area (Å²) >= 11 is 0. The van der Waals surface area contributed by atoms with E-state index in [1.54, 1.807) is 0 Å². The summed E-state index contributed by atoms with van der Waals surface area (Å²) in [7, 11) is 0. The lowest BCUT2D eigenvalue weighted by Crippen LogP contribution is -2.30. The molecule has 1 N–H and O–H groups in total. The average Bonchev–Trinajstić information content (AvgIpc) is 2.54. The van der Waals surface area contributed by atoms with Crippen molar-refractivity contribution in [1.29, 1.82) is 0 Å². The van der Waals surface area contributed by atoms with Gasteiger partial charge in [-0.25, -0.2) is 0 Å². The van der Waals surface area contributed by atoms with Gasteiger partial charge >= 0.3 is 0 Å². The monoisotopic (exact) mass is 280 g/mol. The van der Waals surface area contributed by atoms with Gasteiger partial charge in [-0.2, -0.15) is 0 Å². The van der Waals surface area contributed by atoms with Crippen molar-refractivity contribution in [3.63, 3.8) is 0 Å². The first-order valence-electron chi connectivity index (χ1n) is 7.43. The van der Waals surface area contributed by atoms with Gasteiger partial charge in [0.05, 0.1) is 18.3 Å². The number of aliphatic hydroxyl groups is 1. The molecule has 0 bridgehead atoms. The summed E-state index contributed by atoms with van der Waals surface area (Å²) in [6, 6.07) is 20.3. The molecule has 0 saturated carbocycles. The molecule has 1 heterocycles. The molecule has 1 fully saturated rings. The SMILES string of the molecule is O[C@H]1C[C@@H](/C=C/c2ccccc2)O[C@H](c2ccccc2)C1. The van der Waals surface area contributed by atoms with E-state index in [4.69, 9.17) is 4.74 Å². The van der Waals surface area contributed by atoms with Crippen LogP contribution in [0.15, 0.2) is 66.7 Å². The molecule has 0 radical (unpaired) electrons. The smallest absolute Gasteiger partial charge is 0.0857 e. The third-order valence-electron chi connectivity index (χ3n) is 3.80. The fraction of sp³-hybridized carbons (Fsp3) is 0.263. The standard InChI is InChI=1S/C19H20O2/c20-17-13-18(12-11-15-7-3-1-4-8-15)21-19(14-17)16-9-5-2-6-10-16/h1-12,17-20H,13-14H2/b12-11+/t17-,18+,19-/m0/s1. The maximum absolute atomic E-state index is 10.1. The van der Waals surface area contributed by atoms with Crippen LogP contribution in [0.25, 0.3) is 6.08 Å². The average molecular weight is 280 g/mol. The minimum Gasteiger partial charge on any atom is -0.393 e. The van der Waals surface area contributed by atoms with Crippen LogP contribution >= 0.6 is 0 Å². The van der Waals surface area contributed by atoms with Crippen molar-refractivity contribution in [3.8, 4) is 0 Å². The molecule has 21 heavy (non-hydrogen) atoms. The highest BCUT2D eigenvalue weighted by Crippen LogP contribution is 2.32. The quantitative estimate of drug-likeness (QED) is 0.921. The van der Waals surface area contributed by atoms with Gasteiger partial charge in [0.2, 0.25) is 0 Å². The maximum Gasteiger partial charge on any atom is 0.0857 e. The number of benzene rings is 2. The van der Waals surface area contributed by atoms with E-state index in [-0.39, 0.29) is 18.3 Å². The van der Waals surface area contributed by atoms with Crippen molar-refractivity contribution in [1.82, 2.24) is 0 Å². The zero-order valence-corrected chi connectivity index (χ0v) is 11.9. The number of rotatable bonds is 3. The molecule has 0 amide bonds. The van der Waals surface area contributed by atoms with Gasteiger partial charge in [-0.1, -0.05) is 72.8 Å². The second kappa shape index (κ2) is 6.70. The molecule has 2 aromatic rings. The lowest BCUT2D eigenvalue weighted by atomic mass is 9.95. The van der Waals surface area contributed by atoms with Gasteiger partial charge in [-0.3, -0.25) is 0 Å². The van der Waals surface area contributed by atoms with Crippen molar-refractivity contribution < 1.29 is 9.84 Å². The van der Waals surface area contributed by atoms with Crippen LogP contribution in [0.2, 0.25) is 0 Å². The predicted molar refractivity (Wildman–Crippen MR) is 84.8 cm³/mol. The first-order chi connectivity index (χ1) is 10.3. The van der Waals surface area contributed by atoms with Gasteiger partial charge in [0.15, 0.2) is 0 Å². The van der Waals surface area contributed by atoms with Crippen LogP contribution in [0.1, 0.15) is 30.1 Å². The maximum atomic E-state index is 10.1. The van der Waals surface area contributed by atoms with E-state index in [9.17, 15) is 5.11 Å². The first-order valence-corrected chi connectivity index (χ1v) is 7.43. The molecule has 1 aliphatic heterocycles. The minimum absolute atomic E-state index is 0.0274. The Balaban J connectivity index is 1.70. The molecule has 108 valence electrons. The Kier molecular flexibility index (Phi) is 4.49. The lowest BCUT2D eigenvalue weighted by Gasteiger charge is -2.32. The lowest BCUT2D eigenvalue weighted by molar-refractivity contribution is -0.0774. The topological polar surface area (TPSA) is 29.5 Å². The molecule has 3 atom stereocenters. The van der Waals surface area contributed by atoms with Crippen LogP contribution in [0, 0.1) is 0 Å². The van der Waals surface area contributed by atoms with Crippen LogP contribution in [0.3, 0.4) is 0 Å². The molecule has 2 heteroatoms. The van der Waals surface area contributed by atoms with Crippen LogP contribution in [0.5, 0.6) is 0 Å². The Bertz CT molecular complexity index is 577. The first kappa shape index (κ1) is 14.1. The van der Waals surface area contributed by atoms with Crippen molar-refractivity contribution in [2.75, 3.05) is 0 Å². The summed E-state index contributed by atoms with van der Waals surface area (Å²) in [6.45, 7) is 0. The van der Waals surface area contributed by atoms with E-state index in [1.165, 1.54) is 0 Å². The van der Waals surface area contributed by atoms with E-state index in [0.717, 1.165) is 11.1 Å². The summed E-state index contributed by atoms with van der Waals surface area (Å²) < 4.78 is 6.12. The van der Waals surface area contributed by atoms with E-state index in [0.29, 0.717) is 12.8 Å². The summed E-state index contributed by atoms with van der Waals surface area (Å²) in [4.78, 5) is 0. The fourth-order valence-corrected chi connectivity index (χ4v) is 2.72. The minimum atomic E-state index is -0.311. The normalized spacial score (nSPS) is 26.0. The zero-order valence-electron chi connectivity index (χ0n) is 11.9. The van der Waals surface area contributed by atoms with E-state index in [1.807, 2.05) is 42.5 Å². The van der Waals surface area contributed by atoms with Crippen molar-refractivity contribution >= 4 is 6.08 Å². The van der Waals surface area contributed by atoms with Crippen LogP contribution in [-0.2, 0) is 4.74 Å².